The number of rotatable bonds is 3. The van der Waals surface area contributed by atoms with E-state index in [4.69, 9.17) is 5.26 Å². The molecule has 1 aliphatic heterocycles. The van der Waals surface area contributed by atoms with Gasteiger partial charge < -0.3 is 5.32 Å². The Bertz CT molecular complexity index is 183. The van der Waals surface area contributed by atoms with Gasteiger partial charge in [0.05, 0.1) is 12.5 Å². The number of hydrogen-bond donors (Lipinski definition) is 1. The lowest BCUT2D eigenvalue weighted by molar-refractivity contribution is 0.220. The molecule has 0 spiro atoms. The molecule has 1 heterocycles. The van der Waals surface area contributed by atoms with E-state index in [9.17, 15) is 0 Å². The van der Waals surface area contributed by atoms with Crippen LogP contribution in [0.4, 0.5) is 0 Å². The van der Waals surface area contributed by atoms with Crippen molar-refractivity contribution in [3.05, 3.63) is 12.7 Å². The van der Waals surface area contributed by atoms with Crippen molar-refractivity contribution in [3.63, 3.8) is 0 Å². The number of nitrogens with zero attached hydrogens (tertiary/aromatic N) is 2. The molecule has 1 rings (SSSR count). The number of hydrogen-bond acceptors (Lipinski definition) is 3. The predicted octanol–water partition coefficient (Wildman–Crippen LogP) is 0.360. The molecule has 3 nitrogen and oxygen atoms in total. The number of nitriles is 1. The summed E-state index contributed by atoms with van der Waals surface area (Å²) in [6.07, 6.45) is 2.52. The fourth-order valence-corrected chi connectivity index (χ4v) is 1.49. The van der Waals surface area contributed by atoms with E-state index in [-0.39, 0.29) is 0 Å². The molecule has 0 saturated carbocycles. The minimum absolute atomic E-state index is 0.351. The van der Waals surface area contributed by atoms with Gasteiger partial charge in [0.1, 0.15) is 0 Å². The summed E-state index contributed by atoms with van der Waals surface area (Å²) in [7, 11) is 0. The molecule has 0 bridgehead atoms. The van der Waals surface area contributed by atoms with E-state index in [1.54, 1.807) is 0 Å². The molecule has 1 aliphatic rings. The highest BCUT2D eigenvalue weighted by Crippen LogP contribution is 2.01. The van der Waals surface area contributed by atoms with Crippen LogP contribution in [0.3, 0.4) is 0 Å². The summed E-state index contributed by atoms with van der Waals surface area (Å²) in [5.41, 5.74) is 0. The molecule has 0 aromatic heterocycles. The zero-order chi connectivity index (χ0) is 8.81. The van der Waals surface area contributed by atoms with E-state index in [0.29, 0.717) is 12.5 Å². The van der Waals surface area contributed by atoms with Crippen LogP contribution in [0.25, 0.3) is 0 Å². The second-order valence-corrected chi connectivity index (χ2v) is 3.06. The van der Waals surface area contributed by atoms with Crippen LogP contribution < -0.4 is 5.32 Å². The average molecular weight is 165 g/mol. The molecule has 1 atom stereocenters. The minimum atomic E-state index is 0.351. The van der Waals surface area contributed by atoms with E-state index in [0.717, 1.165) is 26.2 Å². The molecule has 0 aliphatic carbocycles. The Morgan fingerprint density at radius 2 is 2.58 bits per heavy atom. The van der Waals surface area contributed by atoms with Crippen molar-refractivity contribution in [3.8, 4) is 6.07 Å². The predicted molar refractivity (Wildman–Crippen MR) is 48.7 cm³/mol. The molecule has 12 heavy (non-hydrogen) atoms. The first-order valence-electron chi connectivity index (χ1n) is 4.30. The normalized spacial score (nSPS) is 24.8. The van der Waals surface area contributed by atoms with E-state index in [2.05, 4.69) is 22.9 Å². The first-order chi connectivity index (χ1) is 5.86. The third kappa shape index (κ3) is 2.65. The Hall–Kier alpha value is -0.850. The fourth-order valence-electron chi connectivity index (χ4n) is 1.49. The first-order valence-corrected chi connectivity index (χ1v) is 4.30. The van der Waals surface area contributed by atoms with Gasteiger partial charge in [-0.25, -0.2) is 0 Å². The van der Waals surface area contributed by atoms with Crippen molar-refractivity contribution in [2.45, 2.75) is 12.5 Å². The van der Waals surface area contributed by atoms with Crippen LogP contribution in [0.1, 0.15) is 6.42 Å². The Morgan fingerprint density at radius 3 is 3.25 bits per heavy atom. The maximum absolute atomic E-state index is 8.51. The van der Waals surface area contributed by atoms with Gasteiger partial charge in [-0.1, -0.05) is 6.08 Å². The maximum atomic E-state index is 8.51. The van der Waals surface area contributed by atoms with Gasteiger partial charge in [-0.15, -0.1) is 6.58 Å². The smallest absolute Gasteiger partial charge is 0.0638 e. The van der Waals surface area contributed by atoms with Gasteiger partial charge in [-0.05, 0) is 0 Å². The standard InChI is InChI=1S/C9H15N3/c1-2-6-12-7-5-11-9(8-12)3-4-10/h2,9,11H,1,3,5-8H2. The summed E-state index contributed by atoms with van der Waals surface area (Å²) in [5, 5.41) is 11.8. The SMILES string of the molecule is C=CCN1CCNC(CC#N)C1. The largest absolute Gasteiger partial charge is 0.310 e. The summed E-state index contributed by atoms with van der Waals surface area (Å²) >= 11 is 0. The third-order valence-corrected chi connectivity index (χ3v) is 2.06. The van der Waals surface area contributed by atoms with Gasteiger partial charge in [0.15, 0.2) is 0 Å². The minimum Gasteiger partial charge on any atom is -0.310 e. The zero-order valence-electron chi connectivity index (χ0n) is 7.29. The Balaban J connectivity index is 2.30. The second-order valence-electron chi connectivity index (χ2n) is 3.06. The molecule has 1 saturated heterocycles. The molecule has 1 fully saturated rings. The molecule has 0 radical (unpaired) electrons. The highest BCUT2D eigenvalue weighted by Gasteiger charge is 2.17. The third-order valence-electron chi connectivity index (χ3n) is 2.06. The first kappa shape index (κ1) is 9.24. The molecule has 1 N–H and O–H groups in total. The Morgan fingerprint density at radius 1 is 1.75 bits per heavy atom. The van der Waals surface area contributed by atoms with Crippen molar-refractivity contribution >= 4 is 0 Å². The number of nitrogens with one attached hydrogen (secondary N) is 1. The van der Waals surface area contributed by atoms with Gasteiger partial charge >= 0.3 is 0 Å². The monoisotopic (exact) mass is 165 g/mol. The van der Waals surface area contributed by atoms with Crippen LogP contribution in [0.15, 0.2) is 12.7 Å². The van der Waals surface area contributed by atoms with Crippen molar-refractivity contribution < 1.29 is 0 Å². The topological polar surface area (TPSA) is 39.1 Å². The van der Waals surface area contributed by atoms with Crippen molar-refractivity contribution in [1.82, 2.24) is 10.2 Å². The van der Waals surface area contributed by atoms with Crippen LogP contribution in [-0.4, -0.2) is 37.1 Å². The van der Waals surface area contributed by atoms with Crippen LogP contribution in [0.5, 0.6) is 0 Å². The Kier molecular flexibility index (Phi) is 3.78. The lowest BCUT2D eigenvalue weighted by atomic mass is 10.1. The summed E-state index contributed by atoms with van der Waals surface area (Å²) in [5.74, 6) is 0. The summed E-state index contributed by atoms with van der Waals surface area (Å²) in [6.45, 7) is 7.65. The average Bonchev–Trinajstić information content (AvgIpc) is 2.06. The summed E-state index contributed by atoms with van der Waals surface area (Å²) in [4.78, 5) is 2.31. The van der Waals surface area contributed by atoms with E-state index in [1.807, 2.05) is 6.08 Å². The molecule has 66 valence electrons. The lowest BCUT2D eigenvalue weighted by Crippen LogP contribution is -2.50. The molecule has 0 aromatic rings. The van der Waals surface area contributed by atoms with Crippen LogP contribution >= 0.6 is 0 Å². The molecule has 3 heteroatoms. The van der Waals surface area contributed by atoms with E-state index < -0.39 is 0 Å². The van der Waals surface area contributed by atoms with E-state index >= 15 is 0 Å². The van der Waals surface area contributed by atoms with Gasteiger partial charge in [-0.3, -0.25) is 4.90 Å². The Labute approximate surface area is 73.7 Å². The second kappa shape index (κ2) is 4.91. The highest BCUT2D eigenvalue weighted by atomic mass is 15.2. The molecule has 1 unspecified atom stereocenters. The highest BCUT2D eigenvalue weighted by molar-refractivity contribution is 4.88. The zero-order valence-corrected chi connectivity index (χ0v) is 7.29. The number of piperazine rings is 1. The van der Waals surface area contributed by atoms with E-state index in [1.165, 1.54) is 0 Å². The van der Waals surface area contributed by atoms with Gasteiger partial charge in [0.25, 0.3) is 0 Å². The molecular formula is C9H15N3. The van der Waals surface area contributed by atoms with Crippen LogP contribution in [0.2, 0.25) is 0 Å². The van der Waals surface area contributed by atoms with Crippen molar-refractivity contribution in [2.24, 2.45) is 0 Å². The molecular weight excluding hydrogens is 150 g/mol. The van der Waals surface area contributed by atoms with Crippen molar-refractivity contribution in [2.75, 3.05) is 26.2 Å². The van der Waals surface area contributed by atoms with Crippen LogP contribution in [0, 0.1) is 11.3 Å². The van der Waals surface area contributed by atoms with Gasteiger partial charge in [0.2, 0.25) is 0 Å². The van der Waals surface area contributed by atoms with Gasteiger partial charge in [0, 0.05) is 32.2 Å². The summed E-state index contributed by atoms with van der Waals surface area (Å²) in [6, 6.07) is 2.54. The maximum Gasteiger partial charge on any atom is 0.0638 e. The molecule has 0 aromatic carbocycles. The lowest BCUT2D eigenvalue weighted by Gasteiger charge is -2.31. The van der Waals surface area contributed by atoms with Gasteiger partial charge in [-0.2, -0.15) is 5.26 Å². The summed E-state index contributed by atoms with van der Waals surface area (Å²) < 4.78 is 0. The van der Waals surface area contributed by atoms with Crippen molar-refractivity contribution in [1.29, 1.82) is 5.26 Å². The quantitative estimate of drug-likeness (QED) is 0.614. The fraction of sp³-hybridized carbons (Fsp3) is 0.667. The van der Waals surface area contributed by atoms with Crippen LogP contribution in [-0.2, 0) is 0 Å². The molecule has 0 amide bonds.